The van der Waals surface area contributed by atoms with Crippen molar-refractivity contribution in [3.05, 3.63) is 34.3 Å². The second-order valence-corrected chi connectivity index (χ2v) is 5.50. The number of nitrogens with one attached hydrogen (secondary N) is 1. The Morgan fingerprint density at radius 1 is 1.30 bits per heavy atom. The highest BCUT2D eigenvalue weighted by Crippen LogP contribution is 2.38. The molecule has 6 heteroatoms. The number of hydrogen-bond donors (Lipinski definition) is 1. The largest absolute Gasteiger partial charge is 0.390 e. The van der Waals surface area contributed by atoms with Crippen molar-refractivity contribution >= 4 is 11.6 Å². The van der Waals surface area contributed by atoms with Gasteiger partial charge in [0.15, 0.2) is 0 Å². The van der Waals surface area contributed by atoms with E-state index in [0.29, 0.717) is 36.8 Å². The minimum Gasteiger partial charge on any atom is -0.314 e. The second-order valence-electron chi connectivity index (χ2n) is 5.09. The third-order valence-electron chi connectivity index (χ3n) is 3.62. The molecule has 1 fully saturated rings. The van der Waals surface area contributed by atoms with Crippen LogP contribution in [-0.4, -0.2) is 37.3 Å². The predicted molar refractivity (Wildman–Crippen MR) is 74.0 cm³/mol. The highest BCUT2D eigenvalue weighted by atomic mass is 35.5. The van der Waals surface area contributed by atoms with E-state index in [9.17, 15) is 13.2 Å². The predicted octanol–water partition coefficient (Wildman–Crippen LogP) is 3.55. The van der Waals surface area contributed by atoms with Gasteiger partial charge in [-0.25, -0.2) is 0 Å². The molecule has 1 aromatic rings. The number of piperazine rings is 1. The maximum absolute atomic E-state index is 12.9. The monoisotopic (exact) mass is 306 g/mol. The van der Waals surface area contributed by atoms with E-state index in [4.69, 9.17) is 11.6 Å². The smallest absolute Gasteiger partial charge is 0.314 e. The molecule has 0 aromatic heterocycles. The van der Waals surface area contributed by atoms with Crippen molar-refractivity contribution in [3.63, 3.8) is 0 Å². The highest BCUT2D eigenvalue weighted by molar-refractivity contribution is 6.31. The molecular formula is C14H18ClF3N2. The number of halogens is 4. The van der Waals surface area contributed by atoms with Crippen LogP contribution in [0, 0.1) is 6.92 Å². The summed E-state index contributed by atoms with van der Waals surface area (Å²) in [6, 6.07) is 4.54. The van der Waals surface area contributed by atoms with E-state index in [-0.39, 0.29) is 0 Å². The summed E-state index contributed by atoms with van der Waals surface area (Å²) in [7, 11) is 0. The zero-order valence-corrected chi connectivity index (χ0v) is 12.1. The zero-order chi connectivity index (χ0) is 14.8. The van der Waals surface area contributed by atoms with Gasteiger partial charge in [-0.3, -0.25) is 4.90 Å². The van der Waals surface area contributed by atoms with Crippen LogP contribution in [0.25, 0.3) is 0 Å². The highest BCUT2D eigenvalue weighted by Gasteiger charge is 2.37. The van der Waals surface area contributed by atoms with Gasteiger partial charge in [0.05, 0.1) is 6.42 Å². The average Bonchev–Trinajstić information content (AvgIpc) is 2.37. The average molecular weight is 307 g/mol. The number of alkyl halides is 3. The minimum absolute atomic E-state index is 0.415. The first-order valence-corrected chi connectivity index (χ1v) is 7.03. The summed E-state index contributed by atoms with van der Waals surface area (Å²) in [5, 5.41) is 3.57. The Bertz CT molecular complexity index is 436. The molecule has 1 atom stereocenters. The van der Waals surface area contributed by atoms with Crippen LogP contribution in [0.5, 0.6) is 0 Å². The first-order valence-electron chi connectivity index (χ1n) is 6.65. The lowest BCUT2D eigenvalue weighted by Gasteiger charge is -2.36. The molecule has 1 saturated heterocycles. The molecule has 0 unspecified atom stereocenters. The molecule has 0 aliphatic carbocycles. The summed E-state index contributed by atoms with van der Waals surface area (Å²) in [5.74, 6) is 0. The van der Waals surface area contributed by atoms with Crippen LogP contribution >= 0.6 is 11.6 Å². The Kier molecular flexibility index (Phi) is 4.94. The number of aryl methyl sites for hydroxylation is 1. The first-order chi connectivity index (χ1) is 9.38. The third kappa shape index (κ3) is 3.87. The van der Waals surface area contributed by atoms with Crippen molar-refractivity contribution in [2.75, 3.05) is 26.2 Å². The Morgan fingerprint density at radius 2 is 1.95 bits per heavy atom. The fourth-order valence-corrected chi connectivity index (χ4v) is 3.04. The fourth-order valence-electron chi connectivity index (χ4n) is 2.69. The van der Waals surface area contributed by atoms with Crippen molar-refractivity contribution in [1.29, 1.82) is 0 Å². The lowest BCUT2D eigenvalue weighted by atomic mass is 9.96. The normalized spacial score (nSPS) is 19.1. The van der Waals surface area contributed by atoms with Gasteiger partial charge in [-0.15, -0.1) is 0 Å². The topological polar surface area (TPSA) is 15.3 Å². The first kappa shape index (κ1) is 15.6. The van der Waals surface area contributed by atoms with Gasteiger partial charge in [0.1, 0.15) is 0 Å². The van der Waals surface area contributed by atoms with Crippen molar-refractivity contribution < 1.29 is 13.2 Å². The molecule has 1 aliphatic rings. The van der Waals surface area contributed by atoms with Crippen LogP contribution in [0.1, 0.15) is 23.6 Å². The van der Waals surface area contributed by atoms with Gasteiger partial charge in [-0.2, -0.15) is 13.2 Å². The summed E-state index contributed by atoms with van der Waals surface area (Å²) in [6.07, 6.45) is -5.07. The molecule has 0 bridgehead atoms. The molecular weight excluding hydrogens is 289 g/mol. The van der Waals surface area contributed by atoms with Crippen LogP contribution in [0.2, 0.25) is 5.02 Å². The SMILES string of the molecule is Cc1cccc(Cl)c1[C@H](CC(F)(F)F)N1CCNCC1. The van der Waals surface area contributed by atoms with Gasteiger partial charge < -0.3 is 5.32 Å². The zero-order valence-electron chi connectivity index (χ0n) is 11.3. The molecule has 112 valence electrons. The van der Waals surface area contributed by atoms with Crippen molar-refractivity contribution in [2.24, 2.45) is 0 Å². The lowest BCUT2D eigenvalue weighted by Crippen LogP contribution is -2.46. The molecule has 20 heavy (non-hydrogen) atoms. The van der Waals surface area contributed by atoms with E-state index in [1.807, 2.05) is 17.9 Å². The van der Waals surface area contributed by atoms with Crippen LogP contribution in [0.4, 0.5) is 13.2 Å². The molecule has 0 spiro atoms. The maximum atomic E-state index is 12.9. The molecule has 1 aromatic carbocycles. The van der Waals surface area contributed by atoms with Gasteiger partial charge in [-0.05, 0) is 24.1 Å². The van der Waals surface area contributed by atoms with Gasteiger partial charge in [-0.1, -0.05) is 23.7 Å². The number of rotatable bonds is 3. The fraction of sp³-hybridized carbons (Fsp3) is 0.571. The van der Waals surface area contributed by atoms with E-state index in [0.717, 1.165) is 5.56 Å². The maximum Gasteiger partial charge on any atom is 0.390 e. The molecule has 2 nitrogen and oxygen atoms in total. The second kappa shape index (κ2) is 6.33. The van der Waals surface area contributed by atoms with E-state index in [1.54, 1.807) is 12.1 Å². The van der Waals surface area contributed by atoms with E-state index in [1.165, 1.54) is 0 Å². The van der Waals surface area contributed by atoms with Crippen molar-refractivity contribution in [1.82, 2.24) is 10.2 Å². The van der Waals surface area contributed by atoms with Crippen LogP contribution in [0.15, 0.2) is 18.2 Å². The third-order valence-corrected chi connectivity index (χ3v) is 3.95. The summed E-state index contributed by atoms with van der Waals surface area (Å²) in [5.41, 5.74) is 1.42. The molecule has 0 radical (unpaired) electrons. The summed E-state index contributed by atoms with van der Waals surface area (Å²) in [4.78, 5) is 1.87. The quantitative estimate of drug-likeness (QED) is 0.919. The van der Waals surface area contributed by atoms with Crippen LogP contribution in [0.3, 0.4) is 0 Å². The molecule has 0 saturated carbocycles. The molecule has 1 N–H and O–H groups in total. The number of nitrogens with zero attached hydrogens (tertiary/aromatic N) is 1. The van der Waals surface area contributed by atoms with E-state index < -0.39 is 18.6 Å². The number of benzene rings is 1. The van der Waals surface area contributed by atoms with Crippen molar-refractivity contribution in [3.8, 4) is 0 Å². The Morgan fingerprint density at radius 3 is 2.50 bits per heavy atom. The van der Waals surface area contributed by atoms with Gasteiger partial charge >= 0.3 is 6.18 Å². The summed E-state index contributed by atoms with van der Waals surface area (Å²) in [6.45, 7) is 4.43. The van der Waals surface area contributed by atoms with Gasteiger partial charge in [0.25, 0.3) is 0 Å². The molecule has 0 amide bonds. The van der Waals surface area contributed by atoms with Crippen LogP contribution in [-0.2, 0) is 0 Å². The number of hydrogen-bond acceptors (Lipinski definition) is 2. The lowest BCUT2D eigenvalue weighted by molar-refractivity contribution is -0.148. The van der Waals surface area contributed by atoms with Crippen LogP contribution < -0.4 is 5.32 Å². The summed E-state index contributed by atoms with van der Waals surface area (Å²) < 4.78 is 38.8. The standard InChI is InChI=1S/C14H18ClF3N2/c1-10-3-2-4-11(15)13(10)12(9-14(16,17)18)20-7-5-19-6-8-20/h2-4,12,19H,5-9H2,1H3/t12-/m0/s1. The molecule has 2 rings (SSSR count). The van der Waals surface area contributed by atoms with Crippen molar-refractivity contribution in [2.45, 2.75) is 25.6 Å². The summed E-state index contributed by atoms with van der Waals surface area (Å²) >= 11 is 6.16. The molecule has 1 heterocycles. The van der Waals surface area contributed by atoms with Gasteiger partial charge in [0.2, 0.25) is 0 Å². The Hall–Kier alpha value is -0.780. The Balaban J connectivity index is 2.34. The van der Waals surface area contributed by atoms with E-state index >= 15 is 0 Å². The Labute approximate surface area is 121 Å². The molecule has 1 aliphatic heterocycles. The van der Waals surface area contributed by atoms with E-state index in [2.05, 4.69) is 5.32 Å². The van der Waals surface area contributed by atoms with Gasteiger partial charge in [0, 0.05) is 37.2 Å². The minimum atomic E-state index is -4.21.